The van der Waals surface area contributed by atoms with Crippen LogP contribution in [0.15, 0.2) is 24.3 Å². The summed E-state index contributed by atoms with van der Waals surface area (Å²) in [6.45, 7) is 3.81. The first-order chi connectivity index (χ1) is 14.2. The lowest BCUT2D eigenvalue weighted by atomic mass is 9.98. The van der Waals surface area contributed by atoms with E-state index in [1.807, 2.05) is 20.1 Å². The number of amides is 3. The summed E-state index contributed by atoms with van der Waals surface area (Å²) < 4.78 is 0. The Morgan fingerprint density at radius 2 is 1.80 bits per heavy atom. The predicted molar refractivity (Wildman–Crippen MR) is 114 cm³/mol. The van der Waals surface area contributed by atoms with Gasteiger partial charge in [0.25, 0.3) is 5.69 Å². The van der Waals surface area contributed by atoms with Gasteiger partial charge in [-0.3, -0.25) is 29.7 Å². The smallest absolute Gasteiger partial charge is 0.269 e. The van der Waals surface area contributed by atoms with Crippen LogP contribution in [0.1, 0.15) is 33.1 Å². The van der Waals surface area contributed by atoms with E-state index in [1.165, 1.54) is 41.5 Å². The number of nitro groups is 1. The maximum atomic E-state index is 12.7. The number of carbonyl (C=O) groups excluding carboxylic acids is 3. The molecule has 0 saturated heterocycles. The third-order valence-electron chi connectivity index (χ3n) is 4.28. The standard InChI is InChI=1S/C19H28N4O6S/c1-12(2)10-16(19(26)20-14-4-6-15(7-5-14)23(28)29)21-18(25)13(8-9-30-3)11-17(24)22-27/h4-7,12-13,16,27H,8-11H2,1-3H3,(H,20,26)(H,21,25)(H,22,24)/t13-,16+/m1/s1. The van der Waals surface area contributed by atoms with Crippen LogP contribution in [0.25, 0.3) is 0 Å². The molecule has 0 aliphatic heterocycles. The summed E-state index contributed by atoms with van der Waals surface area (Å²) in [4.78, 5) is 47.2. The summed E-state index contributed by atoms with van der Waals surface area (Å²) in [5.74, 6) is -1.53. The third kappa shape index (κ3) is 8.78. The van der Waals surface area contributed by atoms with Gasteiger partial charge in [0, 0.05) is 30.2 Å². The Morgan fingerprint density at radius 3 is 2.30 bits per heavy atom. The van der Waals surface area contributed by atoms with E-state index in [1.54, 1.807) is 0 Å². The number of anilines is 1. The number of non-ortho nitro benzene ring substituents is 1. The molecule has 166 valence electrons. The first kappa shape index (κ1) is 25.4. The minimum Gasteiger partial charge on any atom is -0.344 e. The molecule has 11 heteroatoms. The molecule has 4 N–H and O–H groups in total. The molecule has 0 spiro atoms. The fourth-order valence-electron chi connectivity index (χ4n) is 2.74. The van der Waals surface area contributed by atoms with Crippen molar-refractivity contribution in [3.05, 3.63) is 34.4 Å². The van der Waals surface area contributed by atoms with Gasteiger partial charge in [-0.25, -0.2) is 5.48 Å². The number of nitro benzene ring substituents is 1. The number of nitrogens with one attached hydrogen (secondary N) is 3. The number of thioether (sulfide) groups is 1. The molecule has 0 aliphatic rings. The first-order valence-corrected chi connectivity index (χ1v) is 10.8. The number of benzene rings is 1. The van der Waals surface area contributed by atoms with E-state index in [9.17, 15) is 24.5 Å². The summed E-state index contributed by atoms with van der Waals surface area (Å²) in [5, 5.41) is 24.9. The van der Waals surface area contributed by atoms with E-state index < -0.39 is 34.6 Å². The Labute approximate surface area is 179 Å². The maximum absolute atomic E-state index is 12.7. The van der Waals surface area contributed by atoms with Crippen LogP contribution >= 0.6 is 11.8 Å². The van der Waals surface area contributed by atoms with Crippen molar-refractivity contribution in [3.8, 4) is 0 Å². The van der Waals surface area contributed by atoms with Gasteiger partial charge in [-0.2, -0.15) is 11.8 Å². The summed E-state index contributed by atoms with van der Waals surface area (Å²) >= 11 is 1.52. The van der Waals surface area contributed by atoms with Crippen molar-refractivity contribution in [2.24, 2.45) is 11.8 Å². The molecule has 0 aliphatic carbocycles. The van der Waals surface area contributed by atoms with Crippen molar-refractivity contribution < 1.29 is 24.5 Å². The van der Waals surface area contributed by atoms with E-state index >= 15 is 0 Å². The van der Waals surface area contributed by atoms with E-state index in [0.717, 1.165) is 0 Å². The Hall–Kier alpha value is -2.66. The molecule has 10 nitrogen and oxygen atoms in total. The second-order valence-corrected chi connectivity index (χ2v) is 8.19. The van der Waals surface area contributed by atoms with Crippen LogP contribution < -0.4 is 16.1 Å². The van der Waals surface area contributed by atoms with E-state index in [0.29, 0.717) is 24.3 Å². The summed E-state index contributed by atoms with van der Waals surface area (Å²) in [6.07, 6.45) is 2.46. The van der Waals surface area contributed by atoms with Gasteiger partial charge in [0.2, 0.25) is 17.7 Å². The monoisotopic (exact) mass is 440 g/mol. The SMILES string of the molecule is CSCC[C@H](CC(=O)NO)C(=O)N[C@@H](CC(C)C)C(=O)Nc1ccc([N+](=O)[O-])cc1. The Kier molecular flexibility index (Phi) is 10.8. The third-order valence-corrected chi connectivity index (χ3v) is 4.93. The molecule has 1 aromatic rings. The minimum absolute atomic E-state index is 0.0983. The lowest BCUT2D eigenvalue weighted by molar-refractivity contribution is -0.384. The van der Waals surface area contributed by atoms with Crippen LogP contribution in [-0.4, -0.2) is 45.9 Å². The van der Waals surface area contributed by atoms with Gasteiger partial charge in [-0.05, 0) is 42.9 Å². The zero-order chi connectivity index (χ0) is 22.7. The minimum atomic E-state index is -0.846. The predicted octanol–water partition coefficient (Wildman–Crippen LogP) is 2.33. The van der Waals surface area contributed by atoms with Crippen molar-refractivity contribution in [2.75, 3.05) is 17.3 Å². The second kappa shape index (κ2) is 12.8. The van der Waals surface area contributed by atoms with Crippen LogP contribution in [-0.2, 0) is 14.4 Å². The number of hydrogen-bond donors (Lipinski definition) is 4. The molecule has 1 rings (SSSR count). The molecule has 1 aromatic carbocycles. The highest BCUT2D eigenvalue weighted by Gasteiger charge is 2.27. The molecule has 0 aromatic heterocycles. The fourth-order valence-corrected chi connectivity index (χ4v) is 3.26. The number of nitrogens with zero attached hydrogens (tertiary/aromatic N) is 1. The molecule has 30 heavy (non-hydrogen) atoms. The van der Waals surface area contributed by atoms with Gasteiger partial charge in [0.1, 0.15) is 6.04 Å². The molecule has 0 fully saturated rings. The largest absolute Gasteiger partial charge is 0.344 e. The molecular formula is C19H28N4O6S. The van der Waals surface area contributed by atoms with E-state index in [4.69, 9.17) is 5.21 Å². The highest BCUT2D eigenvalue weighted by atomic mass is 32.2. The zero-order valence-corrected chi connectivity index (χ0v) is 18.0. The van der Waals surface area contributed by atoms with Crippen LogP contribution in [0.2, 0.25) is 0 Å². The van der Waals surface area contributed by atoms with Gasteiger partial charge < -0.3 is 10.6 Å². The van der Waals surface area contributed by atoms with Crippen molar-refractivity contribution >= 4 is 40.9 Å². The second-order valence-electron chi connectivity index (χ2n) is 7.20. The van der Waals surface area contributed by atoms with Gasteiger partial charge >= 0.3 is 0 Å². The van der Waals surface area contributed by atoms with Gasteiger partial charge in [0.15, 0.2) is 0 Å². The Morgan fingerprint density at radius 1 is 1.17 bits per heavy atom. The van der Waals surface area contributed by atoms with Crippen molar-refractivity contribution in [2.45, 2.75) is 39.2 Å². The number of hydrogen-bond acceptors (Lipinski definition) is 7. The quantitative estimate of drug-likeness (QED) is 0.221. The molecule has 0 bridgehead atoms. The topological polar surface area (TPSA) is 151 Å². The summed E-state index contributed by atoms with van der Waals surface area (Å²) in [5.41, 5.74) is 1.80. The highest BCUT2D eigenvalue weighted by Crippen LogP contribution is 2.18. The Bertz CT molecular complexity index is 741. The lowest BCUT2D eigenvalue weighted by Crippen LogP contribution is -2.47. The average molecular weight is 441 g/mol. The first-order valence-electron chi connectivity index (χ1n) is 9.45. The molecule has 0 radical (unpaired) electrons. The van der Waals surface area contributed by atoms with Crippen LogP contribution in [0.3, 0.4) is 0 Å². The number of rotatable bonds is 12. The molecule has 0 unspecified atom stereocenters. The van der Waals surface area contributed by atoms with Crippen molar-refractivity contribution in [1.82, 2.24) is 10.8 Å². The highest BCUT2D eigenvalue weighted by molar-refractivity contribution is 7.98. The number of carbonyl (C=O) groups is 3. The summed E-state index contributed by atoms with van der Waals surface area (Å²) in [6, 6.07) is 4.53. The van der Waals surface area contributed by atoms with Crippen LogP contribution in [0.5, 0.6) is 0 Å². The molecule has 2 atom stereocenters. The average Bonchev–Trinajstić information content (AvgIpc) is 2.70. The van der Waals surface area contributed by atoms with Gasteiger partial charge in [-0.15, -0.1) is 0 Å². The van der Waals surface area contributed by atoms with E-state index in [-0.39, 0.29) is 18.0 Å². The van der Waals surface area contributed by atoms with E-state index in [2.05, 4.69) is 10.6 Å². The molecule has 0 heterocycles. The zero-order valence-electron chi connectivity index (χ0n) is 17.2. The molecule has 3 amide bonds. The molecular weight excluding hydrogens is 412 g/mol. The van der Waals surface area contributed by atoms with Crippen LogP contribution in [0.4, 0.5) is 11.4 Å². The number of hydroxylamine groups is 1. The van der Waals surface area contributed by atoms with Crippen molar-refractivity contribution in [1.29, 1.82) is 0 Å². The fraction of sp³-hybridized carbons (Fsp3) is 0.526. The van der Waals surface area contributed by atoms with Crippen LogP contribution in [0, 0.1) is 22.0 Å². The lowest BCUT2D eigenvalue weighted by Gasteiger charge is -2.23. The normalized spacial score (nSPS) is 12.7. The molecule has 0 saturated carbocycles. The Balaban J connectivity index is 2.89. The van der Waals surface area contributed by atoms with Gasteiger partial charge in [-0.1, -0.05) is 13.8 Å². The maximum Gasteiger partial charge on any atom is 0.269 e. The van der Waals surface area contributed by atoms with Gasteiger partial charge in [0.05, 0.1) is 4.92 Å². The van der Waals surface area contributed by atoms with Crippen molar-refractivity contribution in [3.63, 3.8) is 0 Å². The summed E-state index contributed by atoms with van der Waals surface area (Å²) in [7, 11) is 0.